The highest BCUT2D eigenvalue weighted by molar-refractivity contribution is 6.05. The van der Waals surface area contributed by atoms with Crippen LogP contribution >= 0.6 is 0 Å². The van der Waals surface area contributed by atoms with E-state index in [9.17, 15) is 0 Å². The minimum atomic E-state index is 0.806. The Morgan fingerprint density at radius 1 is 0.923 bits per heavy atom. The van der Waals surface area contributed by atoms with Gasteiger partial charge < -0.3 is 0 Å². The van der Waals surface area contributed by atoms with Crippen molar-refractivity contribution in [3.63, 3.8) is 0 Å². The summed E-state index contributed by atoms with van der Waals surface area (Å²) in [5, 5.41) is 9.33. The van der Waals surface area contributed by atoms with Crippen molar-refractivity contribution in [2.75, 3.05) is 0 Å². The zero-order chi connectivity index (χ0) is 9.10. The third-order valence-corrected chi connectivity index (χ3v) is 1.93. The Morgan fingerprint density at radius 3 is 2.54 bits per heavy atom. The zero-order valence-electron chi connectivity index (χ0n) is 7.01. The second-order valence-electron chi connectivity index (χ2n) is 2.71. The number of benzene rings is 2. The first-order chi connectivity index (χ1) is 6.42. The lowest BCUT2D eigenvalue weighted by molar-refractivity contribution is 1.34. The molecule has 2 rings (SSSR count). The monoisotopic (exact) mass is 166 g/mol. The maximum Gasteiger partial charge on any atom is 0.293 e. The average Bonchev–Trinajstić information content (AvgIpc) is 2.19. The summed E-state index contributed by atoms with van der Waals surface area (Å²) in [5.74, 6) is 0. The first-order valence-corrected chi connectivity index (χ1v) is 4.00. The van der Waals surface area contributed by atoms with Crippen LogP contribution in [0.2, 0.25) is 0 Å². The lowest BCUT2D eigenvalue weighted by atomic mass is 10.1. The Kier molecular flexibility index (Phi) is 2.09. The van der Waals surface area contributed by atoms with Crippen molar-refractivity contribution in [3.8, 4) is 0 Å². The summed E-state index contributed by atoms with van der Waals surface area (Å²) >= 11 is 0. The van der Waals surface area contributed by atoms with Crippen LogP contribution in [0.3, 0.4) is 0 Å². The molecule has 0 heterocycles. The number of fused-ring (bicyclic) bond motifs is 1. The van der Waals surface area contributed by atoms with E-state index in [2.05, 4.69) is 10.1 Å². The summed E-state index contributed by atoms with van der Waals surface area (Å²) in [7, 11) is 5.01. The second-order valence-corrected chi connectivity index (χ2v) is 2.71. The Balaban J connectivity index is 2.75. The number of nitrogens with zero attached hydrogens (tertiary/aromatic N) is 2. The van der Waals surface area contributed by atoms with E-state index in [1.54, 1.807) is 0 Å². The van der Waals surface area contributed by atoms with Crippen LogP contribution in [0.1, 0.15) is 0 Å². The fraction of sp³-hybridized carbons (Fsp3) is 0. The van der Waals surface area contributed by atoms with E-state index in [4.69, 9.17) is 7.98 Å². The van der Waals surface area contributed by atoms with Gasteiger partial charge in [-0.25, -0.2) is 0 Å². The van der Waals surface area contributed by atoms with Crippen LogP contribution in [0.4, 0.5) is 5.69 Å². The minimum absolute atomic E-state index is 0.806. The molecular weight excluding hydrogens is 159 g/mol. The molecule has 2 aromatic carbocycles. The molecule has 0 aliphatic rings. The standard InChI is InChI=1S/C10H7BN2/c11-13-12-10-7-3-5-8-4-1-2-6-9(8)10/h1-7H. The van der Waals surface area contributed by atoms with Crippen molar-refractivity contribution >= 4 is 24.4 Å². The molecule has 60 valence electrons. The van der Waals surface area contributed by atoms with Gasteiger partial charge in [0.05, 0.1) is 5.69 Å². The molecule has 2 aromatic rings. The smallest absolute Gasteiger partial charge is 0.268 e. The summed E-state index contributed by atoms with van der Waals surface area (Å²) in [5.41, 5.74) is 0.806. The van der Waals surface area contributed by atoms with Crippen molar-refractivity contribution in [1.29, 1.82) is 0 Å². The number of hydrogen-bond acceptors (Lipinski definition) is 2. The molecule has 0 spiro atoms. The molecule has 0 bridgehead atoms. The van der Waals surface area contributed by atoms with E-state index >= 15 is 0 Å². The molecule has 0 aliphatic carbocycles. The molecule has 2 nitrogen and oxygen atoms in total. The van der Waals surface area contributed by atoms with Gasteiger partial charge in [-0.3, -0.25) is 5.03 Å². The van der Waals surface area contributed by atoms with Crippen molar-refractivity contribution in [2.45, 2.75) is 0 Å². The first kappa shape index (κ1) is 7.99. The lowest BCUT2D eigenvalue weighted by Crippen LogP contribution is -1.71. The summed E-state index contributed by atoms with van der Waals surface area (Å²) < 4.78 is 0. The van der Waals surface area contributed by atoms with Gasteiger partial charge in [-0.15, -0.1) is 0 Å². The maximum absolute atomic E-state index is 5.01. The van der Waals surface area contributed by atoms with Crippen LogP contribution in [-0.2, 0) is 0 Å². The Morgan fingerprint density at radius 2 is 1.69 bits per heavy atom. The molecule has 2 radical (unpaired) electrons. The van der Waals surface area contributed by atoms with E-state index in [1.165, 1.54) is 0 Å². The van der Waals surface area contributed by atoms with Crippen molar-refractivity contribution in [3.05, 3.63) is 42.5 Å². The van der Waals surface area contributed by atoms with Gasteiger partial charge in [-0.2, -0.15) is 5.11 Å². The van der Waals surface area contributed by atoms with Crippen LogP contribution in [0.25, 0.3) is 10.8 Å². The fourth-order valence-corrected chi connectivity index (χ4v) is 1.36. The van der Waals surface area contributed by atoms with Gasteiger partial charge in [0.15, 0.2) is 0 Å². The van der Waals surface area contributed by atoms with E-state index in [0.29, 0.717) is 0 Å². The van der Waals surface area contributed by atoms with E-state index in [0.717, 1.165) is 16.5 Å². The van der Waals surface area contributed by atoms with Gasteiger partial charge in [-0.1, -0.05) is 36.4 Å². The van der Waals surface area contributed by atoms with Gasteiger partial charge in [0.1, 0.15) is 0 Å². The highest BCUT2D eigenvalue weighted by Crippen LogP contribution is 2.25. The Hall–Kier alpha value is -1.64. The summed E-state index contributed by atoms with van der Waals surface area (Å²) in [6.07, 6.45) is 0. The third-order valence-electron chi connectivity index (χ3n) is 1.93. The summed E-state index contributed by atoms with van der Waals surface area (Å²) in [4.78, 5) is 0. The highest BCUT2D eigenvalue weighted by Gasteiger charge is 1.96. The topological polar surface area (TPSA) is 24.7 Å². The average molecular weight is 166 g/mol. The molecule has 0 fully saturated rings. The van der Waals surface area contributed by atoms with Gasteiger partial charge in [0.2, 0.25) is 0 Å². The van der Waals surface area contributed by atoms with Crippen LogP contribution in [0, 0.1) is 0 Å². The third kappa shape index (κ3) is 1.45. The Bertz CT molecular complexity index is 446. The van der Waals surface area contributed by atoms with Crippen LogP contribution in [0.15, 0.2) is 52.6 Å². The molecular formula is C10H7BN2. The van der Waals surface area contributed by atoms with Crippen molar-refractivity contribution in [1.82, 2.24) is 0 Å². The molecule has 0 N–H and O–H groups in total. The molecule has 0 amide bonds. The number of rotatable bonds is 1. The predicted molar refractivity (Wildman–Crippen MR) is 54.2 cm³/mol. The van der Waals surface area contributed by atoms with Crippen LogP contribution in [-0.4, -0.2) is 7.98 Å². The molecule has 3 heteroatoms. The SMILES string of the molecule is [B]N=Nc1cccc2ccccc12. The van der Waals surface area contributed by atoms with Gasteiger partial charge >= 0.3 is 0 Å². The summed E-state index contributed by atoms with van der Waals surface area (Å²) in [6, 6.07) is 13.9. The first-order valence-electron chi connectivity index (χ1n) is 4.00. The highest BCUT2D eigenvalue weighted by atomic mass is 15.0. The lowest BCUT2D eigenvalue weighted by Gasteiger charge is -1.99. The summed E-state index contributed by atoms with van der Waals surface area (Å²) in [6.45, 7) is 0. The molecule has 0 saturated heterocycles. The molecule has 13 heavy (non-hydrogen) atoms. The van der Waals surface area contributed by atoms with Gasteiger partial charge in [0, 0.05) is 5.39 Å². The number of hydrogen-bond donors (Lipinski definition) is 0. The Labute approximate surface area is 77.7 Å². The zero-order valence-corrected chi connectivity index (χ0v) is 7.01. The van der Waals surface area contributed by atoms with Crippen LogP contribution < -0.4 is 0 Å². The van der Waals surface area contributed by atoms with Crippen LogP contribution in [0.5, 0.6) is 0 Å². The van der Waals surface area contributed by atoms with Crippen molar-refractivity contribution in [2.24, 2.45) is 10.1 Å². The maximum atomic E-state index is 5.01. The van der Waals surface area contributed by atoms with E-state index in [-0.39, 0.29) is 0 Å². The second kappa shape index (κ2) is 3.39. The molecule has 0 unspecified atom stereocenters. The molecule has 0 aromatic heterocycles. The van der Waals surface area contributed by atoms with Gasteiger partial charge in [0.25, 0.3) is 7.98 Å². The molecule has 0 saturated carbocycles. The fourth-order valence-electron chi connectivity index (χ4n) is 1.36. The quantitative estimate of drug-likeness (QED) is 0.459. The largest absolute Gasteiger partial charge is 0.293 e. The predicted octanol–water partition coefficient (Wildman–Crippen LogP) is 3.01. The van der Waals surface area contributed by atoms with Crippen molar-refractivity contribution < 1.29 is 0 Å². The normalized spacial score (nSPS) is 11.1. The molecule has 0 atom stereocenters. The molecule has 0 aliphatic heterocycles. The van der Waals surface area contributed by atoms with Gasteiger partial charge in [-0.05, 0) is 11.5 Å². The minimum Gasteiger partial charge on any atom is -0.268 e. The van der Waals surface area contributed by atoms with E-state index in [1.807, 2.05) is 42.5 Å². The van der Waals surface area contributed by atoms with E-state index < -0.39 is 0 Å².